The fourth-order valence-electron chi connectivity index (χ4n) is 3.06. The number of aliphatic hydroxyl groups is 1. The lowest BCUT2D eigenvalue weighted by molar-refractivity contribution is 0.00591. The fourth-order valence-corrected chi connectivity index (χ4v) is 3.06. The molecule has 0 saturated carbocycles. The smallest absolute Gasteiger partial charge is 0.254 e. The number of likely N-dealkylation sites (tertiary alicyclic amines) is 1. The molecule has 3 rings (SSSR count). The van der Waals surface area contributed by atoms with E-state index in [-0.39, 0.29) is 12.0 Å². The third kappa shape index (κ3) is 2.40. The molecule has 2 heterocycles. The molecule has 0 spiro atoms. The van der Waals surface area contributed by atoms with E-state index in [0.717, 1.165) is 17.4 Å². The Morgan fingerprint density at radius 2 is 2.09 bits per heavy atom. The van der Waals surface area contributed by atoms with Crippen molar-refractivity contribution >= 4 is 16.8 Å². The lowest BCUT2D eigenvalue weighted by Crippen LogP contribution is -2.53. The lowest BCUT2D eigenvalue weighted by Gasteiger charge is -2.35. The summed E-state index contributed by atoms with van der Waals surface area (Å²) in [7, 11) is 1.70. The van der Waals surface area contributed by atoms with Crippen molar-refractivity contribution in [2.75, 3.05) is 26.8 Å². The molecule has 1 fully saturated rings. The average Bonchev–Trinajstić information content (AvgIpc) is 2.73. The first kappa shape index (κ1) is 15.1. The van der Waals surface area contributed by atoms with Gasteiger partial charge in [-0.1, -0.05) is 0 Å². The summed E-state index contributed by atoms with van der Waals surface area (Å²) < 4.78 is 7.41. The number of benzene rings is 1. The molecule has 1 N–H and O–H groups in total. The Labute approximate surface area is 130 Å². The number of carbonyl (C=O) groups excluding carboxylic acids is 1. The summed E-state index contributed by atoms with van der Waals surface area (Å²) in [5.41, 5.74) is 4.22. The summed E-state index contributed by atoms with van der Waals surface area (Å²) in [5.74, 6) is -0.00565. The molecule has 1 amide bonds. The highest BCUT2D eigenvalue weighted by Crippen LogP contribution is 2.27. The van der Waals surface area contributed by atoms with Gasteiger partial charge in [0.15, 0.2) is 0 Å². The summed E-state index contributed by atoms with van der Waals surface area (Å²) in [5, 5.41) is 10.5. The minimum absolute atomic E-state index is 0.00565. The first-order valence-corrected chi connectivity index (χ1v) is 7.58. The number of methoxy groups -OCH3 is 1. The van der Waals surface area contributed by atoms with Crippen LogP contribution in [0.25, 0.3) is 10.9 Å². The molecule has 22 heavy (non-hydrogen) atoms. The Morgan fingerprint density at radius 3 is 2.73 bits per heavy atom. The molecule has 1 aliphatic heterocycles. The van der Waals surface area contributed by atoms with Crippen molar-refractivity contribution in [3.8, 4) is 0 Å². The predicted octanol–water partition coefficient (Wildman–Crippen LogP) is 1.72. The standard InChI is InChI=1S/C17H22N2O3/c1-11-12(2)19(6-7-22-3)16-5-4-13(8-15(11)16)17(21)18-9-14(20)10-18/h4-5,8,14,20H,6-7,9-10H2,1-3H3. The predicted molar refractivity (Wildman–Crippen MR) is 85.2 cm³/mol. The SMILES string of the molecule is COCCn1c(C)c(C)c2cc(C(=O)N3CC(O)C3)ccc21. The Balaban J connectivity index is 1.96. The monoisotopic (exact) mass is 302 g/mol. The number of carbonyl (C=O) groups is 1. The van der Waals surface area contributed by atoms with E-state index >= 15 is 0 Å². The number of β-amino-alcohol motifs (C(OH)–C–C–N with tert-alkyl or cyclic N) is 1. The number of aryl methyl sites for hydroxylation is 1. The molecular weight excluding hydrogens is 280 g/mol. The molecule has 2 aromatic rings. The molecule has 0 bridgehead atoms. The molecule has 1 saturated heterocycles. The number of rotatable bonds is 4. The van der Waals surface area contributed by atoms with Crippen LogP contribution in [0.2, 0.25) is 0 Å². The quantitative estimate of drug-likeness (QED) is 0.935. The molecule has 0 aliphatic carbocycles. The Hall–Kier alpha value is -1.85. The van der Waals surface area contributed by atoms with Crippen LogP contribution in [-0.2, 0) is 11.3 Å². The second-order valence-electron chi connectivity index (χ2n) is 5.95. The van der Waals surface area contributed by atoms with Gasteiger partial charge in [-0.2, -0.15) is 0 Å². The maximum absolute atomic E-state index is 12.4. The van der Waals surface area contributed by atoms with Gasteiger partial charge in [0.05, 0.1) is 12.7 Å². The molecule has 0 atom stereocenters. The van der Waals surface area contributed by atoms with Crippen molar-refractivity contribution in [2.24, 2.45) is 0 Å². The van der Waals surface area contributed by atoms with Gasteiger partial charge in [0, 0.05) is 48.9 Å². The number of nitrogens with zero attached hydrogens (tertiary/aromatic N) is 2. The van der Waals surface area contributed by atoms with Gasteiger partial charge in [-0.3, -0.25) is 4.79 Å². The number of amides is 1. The van der Waals surface area contributed by atoms with Crippen LogP contribution in [0.5, 0.6) is 0 Å². The number of fused-ring (bicyclic) bond motifs is 1. The highest BCUT2D eigenvalue weighted by molar-refractivity contribution is 5.99. The highest BCUT2D eigenvalue weighted by Gasteiger charge is 2.29. The van der Waals surface area contributed by atoms with Gasteiger partial charge in [0.25, 0.3) is 5.91 Å². The van der Waals surface area contributed by atoms with Crippen LogP contribution < -0.4 is 0 Å². The van der Waals surface area contributed by atoms with Gasteiger partial charge in [0.1, 0.15) is 0 Å². The summed E-state index contributed by atoms with van der Waals surface area (Å²) in [6.07, 6.45) is -0.369. The van der Waals surface area contributed by atoms with E-state index in [1.165, 1.54) is 11.3 Å². The van der Waals surface area contributed by atoms with Crippen LogP contribution in [-0.4, -0.2) is 53.4 Å². The maximum atomic E-state index is 12.4. The third-order valence-corrected chi connectivity index (χ3v) is 4.55. The van der Waals surface area contributed by atoms with Crippen molar-refractivity contribution in [3.63, 3.8) is 0 Å². The summed E-state index contributed by atoms with van der Waals surface area (Å²) in [6.45, 7) is 6.52. The Morgan fingerprint density at radius 1 is 1.36 bits per heavy atom. The zero-order valence-corrected chi connectivity index (χ0v) is 13.3. The van der Waals surface area contributed by atoms with E-state index in [1.54, 1.807) is 12.0 Å². The first-order valence-electron chi connectivity index (χ1n) is 7.58. The van der Waals surface area contributed by atoms with Crippen molar-refractivity contribution < 1.29 is 14.6 Å². The topological polar surface area (TPSA) is 54.7 Å². The minimum atomic E-state index is -0.369. The normalized spacial score (nSPS) is 15.4. The Kier molecular flexibility index (Phi) is 3.93. The molecule has 1 aromatic carbocycles. The number of aliphatic hydroxyl groups excluding tert-OH is 1. The van der Waals surface area contributed by atoms with Gasteiger partial charge in [0.2, 0.25) is 0 Å². The Bertz CT molecular complexity index is 714. The minimum Gasteiger partial charge on any atom is -0.389 e. The van der Waals surface area contributed by atoms with Gasteiger partial charge in [-0.05, 0) is 37.6 Å². The van der Waals surface area contributed by atoms with E-state index in [1.807, 2.05) is 18.2 Å². The van der Waals surface area contributed by atoms with Crippen molar-refractivity contribution in [1.82, 2.24) is 9.47 Å². The molecule has 1 aliphatic rings. The second-order valence-corrected chi connectivity index (χ2v) is 5.95. The highest BCUT2D eigenvalue weighted by atomic mass is 16.5. The summed E-state index contributed by atoms with van der Waals surface area (Å²) in [6, 6.07) is 5.85. The van der Waals surface area contributed by atoms with Crippen LogP contribution in [0.1, 0.15) is 21.6 Å². The van der Waals surface area contributed by atoms with E-state index in [2.05, 4.69) is 18.4 Å². The van der Waals surface area contributed by atoms with E-state index in [9.17, 15) is 9.90 Å². The largest absolute Gasteiger partial charge is 0.389 e. The maximum Gasteiger partial charge on any atom is 0.254 e. The van der Waals surface area contributed by atoms with Gasteiger partial charge >= 0.3 is 0 Å². The van der Waals surface area contributed by atoms with E-state index < -0.39 is 0 Å². The molecule has 5 nitrogen and oxygen atoms in total. The zero-order chi connectivity index (χ0) is 15.9. The van der Waals surface area contributed by atoms with Crippen LogP contribution >= 0.6 is 0 Å². The van der Waals surface area contributed by atoms with Crippen LogP contribution in [0, 0.1) is 13.8 Å². The molecule has 1 aromatic heterocycles. The number of hydrogen-bond acceptors (Lipinski definition) is 3. The number of hydrogen-bond donors (Lipinski definition) is 1. The van der Waals surface area contributed by atoms with Crippen LogP contribution in [0.3, 0.4) is 0 Å². The van der Waals surface area contributed by atoms with E-state index in [0.29, 0.717) is 25.3 Å². The number of ether oxygens (including phenoxy) is 1. The van der Waals surface area contributed by atoms with Gasteiger partial charge in [-0.25, -0.2) is 0 Å². The summed E-state index contributed by atoms with van der Waals surface area (Å²) >= 11 is 0. The van der Waals surface area contributed by atoms with E-state index in [4.69, 9.17) is 4.74 Å². The van der Waals surface area contributed by atoms with Crippen molar-refractivity contribution in [2.45, 2.75) is 26.5 Å². The van der Waals surface area contributed by atoms with Crippen LogP contribution in [0.15, 0.2) is 18.2 Å². The second kappa shape index (κ2) is 5.74. The zero-order valence-electron chi connectivity index (χ0n) is 13.3. The van der Waals surface area contributed by atoms with Crippen molar-refractivity contribution in [1.29, 1.82) is 0 Å². The summed E-state index contributed by atoms with van der Waals surface area (Å²) in [4.78, 5) is 14.1. The number of aromatic nitrogens is 1. The van der Waals surface area contributed by atoms with Gasteiger partial charge < -0.3 is 19.3 Å². The lowest BCUT2D eigenvalue weighted by atomic mass is 10.1. The molecule has 0 unspecified atom stereocenters. The first-order chi connectivity index (χ1) is 10.5. The molecular formula is C17H22N2O3. The molecule has 118 valence electrons. The van der Waals surface area contributed by atoms with Crippen molar-refractivity contribution in [3.05, 3.63) is 35.0 Å². The average molecular weight is 302 g/mol. The fraction of sp³-hybridized carbons (Fsp3) is 0.471. The molecule has 0 radical (unpaired) electrons. The van der Waals surface area contributed by atoms with Gasteiger partial charge in [-0.15, -0.1) is 0 Å². The third-order valence-electron chi connectivity index (χ3n) is 4.55. The van der Waals surface area contributed by atoms with Crippen LogP contribution in [0.4, 0.5) is 0 Å². The molecule has 5 heteroatoms.